The van der Waals surface area contributed by atoms with Crippen LogP contribution in [0.2, 0.25) is 5.02 Å². The number of rotatable bonds is 5. The maximum absolute atomic E-state index is 11.7. The van der Waals surface area contributed by atoms with E-state index in [4.69, 9.17) is 28.3 Å². The molecule has 0 saturated heterocycles. The fraction of sp³-hybridized carbons (Fsp3) is 0.222. The van der Waals surface area contributed by atoms with Crippen molar-refractivity contribution in [1.29, 1.82) is 0 Å². The van der Waals surface area contributed by atoms with Crippen LogP contribution in [0.15, 0.2) is 29.2 Å². The van der Waals surface area contributed by atoms with Crippen molar-refractivity contribution >= 4 is 39.2 Å². The monoisotopic (exact) mass is 297 g/mol. The van der Waals surface area contributed by atoms with Gasteiger partial charge in [-0.2, -0.15) is 0 Å². The molecule has 0 aliphatic carbocycles. The zero-order valence-electron chi connectivity index (χ0n) is 8.43. The number of alkyl halides is 1. The number of hydrogen-bond acceptors (Lipinski definition) is 3. The number of halogens is 2. The smallest absolute Gasteiger partial charge is 0.322 e. The third kappa shape index (κ3) is 4.16. The highest BCUT2D eigenvalue weighted by molar-refractivity contribution is 7.89. The SMILES string of the molecule is O=C(O)C(Cl)CNS(=O)(=O)c1ccc(Cl)cc1. The van der Waals surface area contributed by atoms with Crippen molar-refractivity contribution in [3.8, 4) is 0 Å². The first-order valence-electron chi connectivity index (χ1n) is 4.45. The molecule has 0 radical (unpaired) electrons. The fourth-order valence-electron chi connectivity index (χ4n) is 0.967. The molecule has 0 spiro atoms. The molecule has 0 aromatic heterocycles. The minimum absolute atomic E-state index is 0.00356. The van der Waals surface area contributed by atoms with Crippen molar-refractivity contribution in [3.63, 3.8) is 0 Å². The summed E-state index contributed by atoms with van der Waals surface area (Å²) in [6.07, 6.45) is 0. The Morgan fingerprint density at radius 1 is 1.35 bits per heavy atom. The van der Waals surface area contributed by atoms with Gasteiger partial charge in [-0.05, 0) is 24.3 Å². The van der Waals surface area contributed by atoms with E-state index in [9.17, 15) is 13.2 Å². The highest BCUT2D eigenvalue weighted by Gasteiger charge is 2.19. The number of carboxylic acids is 1. The largest absolute Gasteiger partial charge is 0.480 e. The van der Waals surface area contributed by atoms with Crippen LogP contribution in [0.25, 0.3) is 0 Å². The summed E-state index contributed by atoms with van der Waals surface area (Å²) in [7, 11) is -3.76. The molecule has 1 aromatic rings. The molecule has 0 aliphatic rings. The summed E-state index contributed by atoms with van der Waals surface area (Å²) in [6.45, 7) is -0.387. The maximum atomic E-state index is 11.7. The standard InChI is InChI=1S/C9H9Cl2NO4S/c10-6-1-3-7(4-2-6)17(15,16)12-5-8(11)9(13)14/h1-4,8,12H,5H2,(H,13,14). The van der Waals surface area contributed by atoms with E-state index in [0.29, 0.717) is 5.02 Å². The first-order valence-corrected chi connectivity index (χ1v) is 6.75. The summed E-state index contributed by atoms with van der Waals surface area (Å²) in [5.74, 6) is -1.29. The molecular weight excluding hydrogens is 289 g/mol. The van der Waals surface area contributed by atoms with Crippen LogP contribution in [0.1, 0.15) is 0 Å². The van der Waals surface area contributed by atoms with E-state index in [1.165, 1.54) is 24.3 Å². The third-order valence-electron chi connectivity index (χ3n) is 1.84. The highest BCUT2D eigenvalue weighted by atomic mass is 35.5. The minimum Gasteiger partial charge on any atom is -0.480 e. The Kier molecular flexibility index (Phi) is 4.76. The summed E-state index contributed by atoms with van der Waals surface area (Å²) < 4.78 is 25.4. The molecule has 0 aliphatic heterocycles. The second-order valence-corrected chi connectivity index (χ2v) is 5.84. The zero-order chi connectivity index (χ0) is 13.1. The molecular formula is C9H9Cl2NO4S. The van der Waals surface area contributed by atoms with Gasteiger partial charge in [0.2, 0.25) is 10.0 Å². The Balaban J connectivity index is 2.76. The van der Waals surface area contributed by atoms with Gasteiger partial charge in [-0.25, -0.2) is 13.1 Å². The van der Waals surface area contributed by atoms with E-state index < -0.39 is 21.4 Å². The number of sulfonamides is 1. The zero-order valence-corrected chi connectivity index (χ0v) is 10.8. The molecule has 5 nitrogen and oxygen atoms in total. The van der Waals surface area contributed by atoms with Gasteiger partial charge in [0.1, 0.15) is 5.38 Å². The van der Waals surface area contributed by atoms with Gasteiger partial charge in [0.25, 0.3) is 0 Å². The Bertz CT molecular complexity index is 500. The molecule has 94 valence electrons. The molecule has 1 rings (SSSR count). The molecule has 0 saturated carbocycles. The van der Waals surface area contributed by atoms with Crippen molar-refractivity contribution < 1.29 is 18.3 Å². The van der Waals surface area contributed by atoms with Crippen LogP contribution in [-0.4, -0.2) is 31.4 Å². The summed E-state index contributed by atoms with van der Waals surface area (Å²) in [5.41, 5.74) is 0. The predicted octanol–water partition coefficient (Wildman–Crippen LogP) is 1.31. The maximum Gasteiger partial charge on any atom is 0.322 e. The van der Waals surface area contributed by atoms with Crippen LogP contribution in [0, 0.1) is 0 Å². The first-order chi connectivity index (χ1) is 7.83. The van der Waals surface area contributed by atoms with E-state index in [0.717, 1.165) is 0 Å². The summed E-state index contributed by atoms with van der Waals surface area (Å²) in [4.78, 5) is 10.4. The second kappa shape index (κ2) is 5.68. The van der Waals surface area contributed by atoms with Crippen LogP contribution in [0.5, 0.6) is 0 Å². The van der Waals surface area contributed by atoms with Crippen LogP contribution in [-0.2, 0) is 14.8 Å². The molecule has 0 amide bonds. The fourth-order valence-corrected chi connectivity index (χ4v) is 2.31. The Morgan fingerprint density at radius 3 is 2.35 bits per heavy atom. The second-order valence-electron chi connectivity index (χ2n) is 3.11. The van der Waals surface area contributed by atoms with Gasteiger partial charge >= 0.3 is 5.97 Å². The van der Waals surface area contributed by atoms with E-state index >= 15 is 0 Å². The predicted molar refractivity (Wildman–Crippen MR) is 63.9 cm³/mol. The molecule has 2 N–H and O–H groups in total. The summed E-state index contributed by atoms with van der Waals surface area (Å²) in [5, 5.41) is 7.60. The van der Waals surface area contributed by atoms with Gasteiger partial charge < -0.3 is 5.11 Å². The quantitative estimate of drug-likeness (QED) is 0.803. The van der Waals surface area contributed by atoms with Crippen molar-refractivity contribution in [2.45, 2.75) is 10.3 Å². The van der Waals surface area contributed by atoms with E-state index in [1.807, 2.05) is 0 Å². The highest BCUT2D eigenvalue weighted by Crippen LogP contribution is 2.13. The molecule has 0 heterocycles. The van der Waals surface area contributed by atoms with Crippen molar-refractivity contribution in [2.24, 2.45) is 0 Å². The average Bonchev–Trinajstić information content (AvgIpc) is 2.26. The van der Waals surface area contributed by atoms with Crippen LogP contribution in [0.3, 0.4) is 0 Å². The third-order valence-corrected chi connectivity index (χ3v) is 3.88. The lowest BCUT2D eigenvalue weighted by atomic mass is 10.4. The molecule has 8 heteroatoms. The lowest BCUT2D eigenvalue weighted by molar-refractivity contribution is -0.136. The first kappa shape index (κ1) is 14.2. The van der Waals surface area contributed by atoms with Gasteiger partial charge in [-0.3, -0.25) is 4.79 Å². The van der Waals surface area contributed by atoms with E-state index in [-0.39, 0.29) is 11.4 Å². The number of nitrogens with one attached hydrogen (secondary N) is 1. The lowest BCUT2D eigenvalue weighted by Crippen LogP contribution is -2.33. The number of hydrogen-bond donors (Lipinski definition) is 2. The van der Waals surface area contributed by atoms with Crippen molar-refractivity contribution in [1.82, 2.24) is 4.72 Å². The molecule has 1 aromatic carbocycles. The number of carbonyl (C=O) groups is 1. The van der Waals surface area contributed by atoms with Crippen LogP contribution in [0.4, 0.5) is 0 Å². The van der Waals surface area contributed by atoms with Gasteiger partial charge in [-0.15, -0.1) is 11.6 Å². The normalized spacial score (nSPS) is 13.3. The van der Waals surface area contributed by atoms with Crippen LogP contribution >= 0.6 is 23.2 Å². The molecule has 17 heavy (non-hydrogen) atoms. The Morgan fingerprint density at radius 2 is 1.88 bits per heavy atom. The van der Waals surface area contributed by atoms with E-state index in [2.05, 4.69) is 4.72 Å². The van der Waals surface area contributed by atoms with Crippen molar-refractivity contribution in [3.05, 3.63) is 29.3 Å². The van der Waals surface area contributed by atoms with Gasteiger partial charge in [0.15, 0.2) is 0 Å². The topological polar surface area (TPSA) is 83.5 Å². The lowest BCUT2D eigenvalue weighted by Gasteiger charge is -2.08. The van der Waals surface area contributed by atoms with Crippen molar-refractivity contribution in [2.75, 3.05) is 6.54 Å². The average molecular weight is 298 g/mol. The Labute approximate surface area is 108 Å². The van der Waals surface area contributed by atoms with E-state index in [1.54, 1.807) is 0 Å². The number of benzene rings is 1. The van der Waals surface area contributed by atoms with Gasteiger partial charge in [0.05, 0.1) is 4.90 Å². The molecule has 1 unspecified atom stereocenters. The number of carboxylic acid groups (broad SMARTS) is 1. The molecule has 0 bridgehead atoms. The van der Waals surface area contributed by atoms with Gasteiger partial charge in [0, 0.05) is 11.6 Å². The minimum atomic E-state index is -3.76. The van der Waals surface area contributed by atoms with Gasteiger partial charge in [-0.1, -0.05) is 11.6 Å². The number of aliphatic carboxylic acids is 1. The Hall–Kier alpha value is -0.820. The summed E-state index contributed by atoms with van der Waals surface area (Å²) in [6, 6.07) is 5.47. The summed E-state index contributed by atoms with van der Waals surface area (Å²) >= 11 is 11.0. The molecule has 0 fully saturated rings. The molecule has 1 atom stereocenters. The van der Waals surface area contributed by atoms with Crippen LogP contribution < -0.4 is 4.72 Å².